The summed E-state index contributed by atoms with van der Waals surface area (Å²) in [4.78, 5) is 4.34. The van der Waals surface area contributed by atoms with Crippen LogP contribution in [0.5, 0.6) is 11.5 Å². The van der Waals surface area contributed by atoms with Crippen LogP contribution in [0.1, 0.15) is 18.3 Å². The van der Waals surface area contributed by atoms with Gasteiger partial charge in [0.1, 0.15) is 23.4 Å². The molecule has 0 aliphatic carbocycles. The Balaban J connectivity index is 2.13. The van der Waals surface area contributed by atoms with Crippen LogP contribution in [0, 0.1) is 0 Å². The van der Waals surface area contributed by atoms with Gasteiger partial charge in [0.15, 0.2) is 0 Å². The highest BCUT2D eigenvalue weighted by Gasteiger charge is 2.22. The van der Waals surface area contributed by atoms with Crippen LogP contribution in [0.2, 0.25) is 0 Å². The number of aromatic nitrogens is 2. The molecule has 0 spiro atoms. The lowest BCUT2D eigenvalue weighted by molar-refractivity contribution is 0.273. The number of aromatic hydroxyl groups is 1. The number of ether oxygens (including phenoxy) is 1. The van der Waals surface area contributed by atoms with Gasteiger partial charge in [-0.15, -0.1) is 0 Å². The molecule has 1 atom stereocenters. The average molecular weight is 242 g/mol. The second-order valence-corrected chi connectivity index (χ2v) is 4.44. The van der Waals surface area contributed by atoms with Crippen molar-refractivity contribution in [2.24, 2.45) is 7.05 Å². The lowest BCUT2D eigenvalue weighted by Gasteiger charge is -2.24. The Labute approximate surface area is 105 Å². The fraction of sp³-hybridized carbons (Fsp3) is 0.214. The van der Waals surface area contributed by atoms with Gasteiger partial charge in [-0.3, -0.25) is 0 Å². The third-order valence-corrected chi connectivity index (χ3v) is 3.13. The van der Waals surface area contributed by atoms with Crippen molar-refractivity contribution in [2.45, 2.75) is 13.0 Å². The van der Waals surface area contributed by atoms with Crippen LogP contribution < -0.4 is 4.74 Å². The molecule has 1 aromatic carbocycles. The van der Waals surface area contributed by atoms with E-state index < -0.39 is 0 Å². The summed E-state index contributed by atoms with van der Waals surface area (Å²) in [5.74, 6) is 1.91. The van der Waals surface area contributed by atoms with Crippen LogP contribution in [0.3, 0.4) is 0 Å². The molecule has 0 fully saturated rings. The van der Waals surface area contributed by atoms with E-state index in [1.807, 2.05) is 30.8 Å². The first kappa shape index (κ1) is 10.9. The van der Waals surface area contributed by atoms with Crippen molar-refractivity contribution in [3.05, 3.63) is 42.0 Å². The van der Waals surface area contributed by atoms with E-state index in [2.05, 4.69) is 4.98 Å². The van der Waals surface area contributed by atoms with Gasteiger partial charge in [0.2, 0.25) is 0 Å². The second kappa shape index (κ2) is 3.91. The Hall–Kier alpha value is -2.23. The van der Waals surface area contributed by atoms with E-state index in [9.17, 15) is 5.11 Å². The minimum atomic E-state index is -0.0526. The standard InChI is InChI=1S/C14H14N2O2/c1-9-12(14-15-5-6-16(14)2)8-10-7-11(17)3-4-13(10)18-9/h3-9,17H,1-2H3. The van der Waals surface area contributed by atoms with E-state index in [-0.39, 0.29) is 11.9 Å². The molecule has 1 unspecified atom stereocenters. The zero-order valence-corrected chi connectivity index (χ0v) is 10.3. The molecule has 1 aliphatic rings. The summed E-state index contributed by atoms with van der Waals surface area (Å²) in [5.41, 5.74) is 1.90. The molecule has 2 aromatic rings. The molecule has 18 heavy (non-hydrogen) atoms. The summed E-state index contributed by atoms with van der Waals surface area (Å²) in [6, 6.07) is 5.11. The van der Waals surface area contributed by atoms with Crippen LogP contribution in [0.25, 0.3) is 11.6 Å². The number of nitrogens with zero attached hydrogens (tertiary/aromatic N) is 2. The van der Waals surface area contributed by atoms with Crippen molar-refractivity contribution in [1.82, 2.24) is 9.55 Å². The first-order chi connectivity index (χ1) is 8.65. The molecule has 3 rings (SSSR count). The van der Waals surface area contributed by atoms with Crippen LogP contribution in [-0.2, 0) is 7.05 Å². The third kappa shape index (κ3) is 1.66. The minimum Gasteiger partial charge on any atom is -0.508 e. The molecule has 0 amide bonds. The highest BCUT2D eigenvalue weighted by molar-refractivity contribution is 5.85. The number of hydrogen-bond acceptors (Lipinski definition) is 3. The molecule has 0 bridgehead atoms. The molecule has 0 saturated heterocycles. The van der Waals surface area contributed by atoms with Crippen molar-refractivity contribution in [1.29, 1.82) is 0 Å². The van der Waals surface area contributed by atoms with Gasteiger partial charge >= 0.3 is 0 Å². The Kier molecular flexibility index (Phi) is 2.37. The Morgan fingerprint density at radius 2 is 2.22 bits per heavy atom. The summed E-state index contributed by atoms with van der Waals surface area (Å²) in [7, 11) is 1.95. The van der Waals surface area contributed by atoms with Gasteiger partial charge in [-0.2, -0.15) is 0 Å². The smallest absolute Gasteiger partial charge is 0.139 e. The SMILES string of the molecule is CC1Oc2ccc(O)cc2C=C1c1nccn1C. The van der Waals surface area contributed by atoms with Crippen molar-refractivity contribution in [3.8, 4) is 11.5 Å². The molecule has 0 saturated carbocycles. The topological polar surface area (TPSA) is 47.3 Å². The van der Waals surface area contributed by atoms with Crippen LogP contribution >= 0.6 is 0 Å². The number of aryl methyl sites for hydroxylation is 1. The fourth-order valence-electron chi connectivity index (χ4n) is 2.18. The lowest BCUT2D eigenvalue weighted by Crippen LogP contribution is -2.19. The largest absolute Gasteiger partial charge is 0.508 e. The van der Waals surface area contributed by atoms with Gasteiger partial charge in [-0.25, -0.2) is 4.98 Å². The van der Waals surface area contributed by atoms with Gasteiger partial charge in [-0.1, -0.05) is 0 Å². The maximum atomic E-state index is 9.52. The van der Waals surface area contributed by atoms with Gasteiger partial charge in [-0.05, 0) is 31.2 Å². The number of hydrogen-bond donors (Lipinski definition) is 1. The molecule has 92 valence electrons. The van der Waals surface area contributed by atoms with Crippen LogP contribution in [0.4, 0.5) is 0 Å². The molecule has 1 aliphatic heterocycles. The number of imidazole rings is 1. The molecule has 1 aromatic heterocycles. The Morgan fingerprint density at radius 3 is 2.94 bits per heavy atom. The van der Waals surface area contributed by atoms with Gasteiger partial charge in [0, 0.05) is 30.6 Å². The van der Waals surface area contributed by atoms with E-state index in [1.165, 1.54) is 0 Å². The molecular weight excluding hydrogens is 228 g/mol. The van der Waals surface area contributed by atoms with Gasteiger partial charge in [0.05, 0.1) is 0 Å². The normalized spacial score (nSPS) is 17.9. The number of phenols is 1. The molecular formula is C14H14N2O2. The predicted molar refractivity (Wildman–Crippen MR) is 69.3 cm³/mol. The van der Waals surface area contributed by atoms with Gasteiger partial charge < -0.3 is 14.4 Å². The zero-order valence-electron chi connectivity index (χ0n) is 10.3. The molecule has 0 radical (unpaired) electrons. The van der Waals surface area contributed by atoms with Crippen molar-refractivity contribution < 1.29 is 9.84 Å². The van der Waals surface area contributed by atoms with Crippen LogP contribution in [-0.4, -0.2) is 20.8 Å². The summed E-state index contributed by atoms with van der Waals surface area (Å²) in [6.07, 6.45) is 5.64. The number of fused-ring (bicyclic) bond motifs is 1. The van der Waals surface area contributed by atoms with E-state index in [1.54, 1.807) is 24.4 Å². The third-order valence-electron chi connectivity index (χ3n) is 3.13. The van der Waals surface area contributed by atoms with E-state index in [0.29, 0.717) is 0 Å². The lowest BCUT2D eigenvalue weighted by atomic mass is 10.0. The molecule has 1 N–H and O–H groups in total. The first-order valence-corrected chi connectivity index (χ1v) is 5.84. The maximum Gasteiger partial charge on any atom is 0.139 e. The van der Waals surface area contributed by atoms with E-state index in [4.69, 9.17) is 4.74 Å². The number of phenolic OH excluding ortho intramolecular Hbond substituents is 1. The minimum absolute atomic E-state index is 0.0526. The van der Waals surface area contributed by atoms with Crippen molar-refractivity contribution >= 4 is 11.6 Å². The van der Waals surface area contributed by atoms with E-state index in [0.717, 1.165) is 22.7 Å². The molecule has 4 nitrogen and oxygen atoms in total. The zero-order chi connectivity index (χ0) is 12.7. The van der Waals surface area contributed by atoms with E-state index >= 15 is 0 Å². The maximum absolute atomic E-state index is 9.52. The van der Waals surface area contributed by atoms with Gasteiger partial charge in [0.25, 0.3) is 0 Å². The highest BCUT2D eigenvalue weighted by atomic mass is 16.5. The monoisotopic (exact) mass is 242 g/mol. The predicted octanol–water partition coefficient (Wildman–Crippen LogP) is 2.45. The first-order valence-electron chi connectivity index (χ1n) is 5.84. The number of rotatable bonds is 1. The quantitative estimate of drug-likeness (QED) is 0.835. The fourth-order valence-corrected chi connectivity index (χ4v) is 2.18. The Morgan fingerprint density at radius 1 is 1.39 bits per heavy atom. The molecule has 4 heteroatoms. The van der Waals surface area contributed by atoms with Crippen molar-refractivity contribution in [3.63, 3.8) is 0 Å². The second-order valence-electron chi connectivity index (χ2n) is 4.44. The molecule has 2 heterocycles. The average Bonchev–Trinajstić information content (AvgIpc) is 2.75. The summed E-state index contributed by atoms with van der Waals surface area (Å²) in [5, 5.41) is 9.52. The summed E-state index contributed by atoms with van der Waals surface area (Å²) >= 11 is 0. The summed E-state index contributed by atoms with van der Waals surface area (Å²) < 4.78 is 7.80. The Bertz CT molecular complexity index is 628. The number of benzene rings is 1. The van der Waals surface area contributed by atoms with Crippen molar-refractivity contribution in [2.75, 3.05) is 0 Å². The highest BCUT2D eigenvalue weighted by Crippen LogP contribution is 2.35. The van der Waals surface area contributed by atoms with Crippen LogP contribution in [0.15, 0.2) is 30.6 Å². The summed E-state index contributed by atoms with van der Waals surface area (Å²) in [6.45, 7) is 2.00.